The van der Waals surface area contributed by atoms with E-state index in [1.807, 2.05) is 0 Å². The first-order chi connectivity index (χ1) is 13.0. The van der Waals surface area contributed by atoms with Gasteiger partial charge in [0, 0.05) is 47.4 Å². The molecule has 0 spiro atoms. The van der Waals surface area contributed by atoms with Crippen LogP contribution in [0.5, 0.6) is 5.75 Å². The first-order valence-corrected chi connectivity index (χ1v) is 8.62. The van der Waals surface area contributed by atoms with E-state index in [-0.39, 0.29) is 5.82 Å². The monoisotopic (exact) mass is 392 g/mol. The van der Waals surface area contributed by atoms with E-state index in [2.05, 4.69) is 9.98 Å². The van der Waals surface area contributed by atoms with Gasteiger partial charge < -0.3 is 20.9 Å². The fourth-order valence-corrected chi connectivity index (χ4v) is 2.58. The van der Waals surface area contributed by atoms with Crippen molar-refractivity contribution >= 4 is 29.2 Å². The number of benzene rings is 1. The van der Waals surface area contributed by atoms with Crippen molar-refractivity contribution in [3.05, 3.63) is 58.6 Å². The van der Waals surface area contributed by atoms with Gasteiger partial charge in [0.25, 0.3) is 0 Å². The SMILES string of the molecule is COCCN=CC(=CN)c1cnc(N)c(OC(C)c2cc(F)ccc2Cl)c1. The number of hydrogen-bond acceptors (Lipinski definition) is 6. The molecule has 0 aliphatic carbocycles. The molecular formula is C19H22ClFN4O2. The van der Waals surface area contributed by atoms with Gasteiger partial charge in [0.15, 0.2) is 11.6 Å². The molecule has 0 fully saturated rings. The summed E-state index contributed by atoms with van der Waals surface area (Å²) >= 11 is 6.14. The average Bonchev–Trinajstić information content (AvgIpc) is 2.65. The van der Waals surface area contributed by atoms with Gasteiger partial charge in [0.1, 0.15) is 11.9 Å². The Morgan fingerprint density at radius 3 is 2.89 bits per heavy atom. The Balaban J connectivity index is 2.23. The summed E-state index contributed by atoms with van der Waals surface area (Å²) in [4.78, 5) is 8.38. The Labute approximate surface area is 162 Å². The van der Waals surface area contributed by atoms with Gasteiger partial charge in [-0.05, 0) is 31.2 Å². The second kappa shape index (κ2) is 9.89. The summed E-state index contributed by atoms with van der Waals surface area (Å²) in [6.45, 7) is 2.77. The quantitative estimate of drug-likeness (QED) is 0.528. The highest BCUT2D eigenvalue weighted by Crippen LogP contribution is 2.31. The summed E-state index contributed by atoms with van der Waals surface area (Å²) < 4.78 is 24.3. The van der Waals surface area contributed by atoms with Gasteiger partial charge in [-0.15, -0.1) is 0 Å². The van der Waals surface area contributed by atoms with Crippen LogP contribution in [0.1, 0.15) is 24.2 Å². The molecule has 0 aliphatic heterocycles. The van der Waals surface area contributed by atoms with Gasteiger partial charge in [-0.25, -0.2) is 9.37 Å². The number of anilines is 1. The van der Waals surface area contributed by atoms with Crippen LogP contribution in [0.25, 0.3) is 5.57 Å². The van der Waals surface area contributed by atoms with Crippen LogP contribution in [0, 0.1) is 5.82 Å². The van der Waals surface area contributed by atoms with Crippen LogP contribution in [0.2, 0.25) is 5.02 Å². The zero-order valence-electron chi connectivity index (χ0n) is 15.2. The molecule has 1 aromatic heterocycles. The van der Waals surface area contributed by atoms with Crippen LogP contribution in [0.4, 0.5) is 10.2 Å². The summed E-state index contributed by atoms with van der Waals surface area (Å²) in [6, 6.07) is 5.80. The van der Waals surface area contributed by atoms with Crippen LogP contribution >= 0.6 is 11.6 Å². The molecule has 8 heteroatoms. The van der Waals surface area contributed by atoms with E-state index in [4.69, 9.17) is 32.5 Å². The number of pyridine rings is 1. The maximum Gasteiger partial charge on any atom is 0.166 e. The first-order valence-electron chi connectivity index (χ1n) is 8.24. The van der Waals surface area contributed by atoms with Crippen LogP contribution < -0.4 is 16.2 Å². The van der Waals surface area contributed by atoms with Gasteiger partial charge in [0.2, 0.25) is 0 Å². The maximum atomic E-state index is 13.5. The molecule has 1 aromatic carbocycles. The van der Waals surface area contributed by atoms with Gasteiger partial charge in [0.05, 0.1) is 13.2 Å². The number of nitrogens with two attached hydrogens (primary N) is 2. The lowest BCUT2D eigenvalue weighted by Gasteiger charge is -2.18. The molecule has 27 heavy (non-hydrogen) atoms. The Morgan fingerprint density at radius 2 is 2.19 bits per heavy atom. The van der Waals surface area contributed by atoms with E-state index >= 15 is 0 Å². The van der Waals surface area contributed by atoms with Crippen molar-refractivity contribution in [2.75, 3.05) is 26.0 Å². The van der Waals surface area contributed by atoms with Gasteiger partial charge in [-0.3, -0.25) is 4.99 Å². The number of methoxy groups -OCH3 is 1. The number of allylic oxidation sites excluding steroid dienone is 1. The minimum Gasteiger partial charge on any atom is -0.482 e. The molecule has 6 nitrogen and oxygen atoms in total. The summed E-state index contributed by atoms with van der Waals surface area (Å²) in [5.41, 5.74) is 13.5. The van der Waals surface area contributed by atoms with Crippen LogP contribution in [-0.2, 0) is 4.74 Å². The summed E-state index contributed by atoms with van der Waals surface area (Å²) in [7, 11) is 1.61. The van der Waals surface area contributed by atoms with E-state index in [9.17, 15) is 4.39 Å². The number of aliphatic imine (C=N–C) groups is 1. The molecular weight excluding hydrogens is 371 g/mol. The molecule has 0 aliphatic rings. The molecule has 4 N–H and O–H groups in total. The Kier molecular flexibility index (Phi) is 7.57. The number of hydrogen-bond donors (Lipinski definition) is 2. The number of nitrogen functional groups attached to an aromatic ring is 1. The third-order valence-corrected chi connectivity index (χ3v) is 4.09. The predicted molar refractivity (Wildman–Crippen MR) is 107 cm³/mol. The third-order valence-electron chi connectivity index (χ3n) is 3.75. The Bertz CT molecular complexity index is 842. The normalized spacial score (nSPS) is 13.1. The lowest BCUT2D eigenvalue weighted by atomic mass is 10.1. The third kappa shape index (κ3) is 5.67. The molecule has 1 atom stereocenters. The largest absolute Gasteiger partial charge is 0.482 e. The number of rotatable bonds is 8. The number of ether oxygens (including phenoxy) is 2. The number of nitrogens with zero attached hydrogens (tertiary/aromatic N) is 2. The number of halogens is 2. The minimum atomic E-state index is -0.534. The highest BCUT2D eigenvalue weighted by Gasteiger charge is 2.15. The highest BCUT2D eigenvalue weighted by atomic mass is 35.5. The van der Waals surface area contributed by atoms with E-state index in [0.29, 0.717) is 40.6 Å². The zero-order valence-corrected chi connectivity index (χ0v) is 15.9. The summed E-state index contributed by atoms with van der Waals surface area (Å²) in [5, 5.41) is 0.402. The van der Waals surface area contributed by atoms with Crippen molar-refractivity contribution in [3.63, 3.8) is 0 Å². The van der Waals surface area contributed by atoms with Crippen LogP contribution in [0.3, 0.4) is 0 Å². The molecule has 0 bridgehead atoms. The minimum absolute atomic E-state index is 0.200. The molecule has 1 heterocycles. The van der Waals surface area contributed by atoms with Crippen molar-refractivity contribution < 1.29 is 13.9 Å². The molecule has 0 saturated carbocycles. The lowest BCUT2D eigenvalue weighted by molar-refractivity contribution is 0.208. The van der Waals surface area contributed by atoms with Crippen molar-refractivity contribution in [1.29, 1.82) is 0 Å². The van der Waals surface area contributed by atoms with Gasteiger partial charge in [-0.1, -0.05) is 11.6 Å². The second-order valence-corrected chi connectivity index (χ2v) is 6.09. The molecule has 0 radical (unpaired) electrons. The van der Waals surface area contributed by atoms with Crippen LogP contribution in [-0.4, -0.2) is 31.5 Å². The summed E-state index contributed by atoms with van der Waals surface area (Å²) in [5.74, 6) is 0.140. The second-order valence-electron chi connectivity index (χ2n) is 5.68. The smallest absolute Gasteiger partial charge is 0.166 e. The molecule has 1 unspecified atom stereocenters. The van der Waals surface area contributed by atoms with Crippen LogP contribution in [0.15, 0.2) is 41.7 Å². The highest BCUT2D eigenvalue weighted by molar-refractivity contribution is 6.31. The predicted octanol–water partition coefficient (Wildman–Crippen LogP) is 3.61. The Hall–Kier alpha value is -2.64. The van der Waals surface area contributed by atoms with Crippen molar-refractivity contribution in [2.45, 2.75) is 13.0 Å². The zero-order chi connectivity index (χ0) is 19.8. The topological polar surface area (TPSA) is 95.8 Å². The van der Waals surface area contributed by atoms with Gasteiger partial charge >= 0.3 is 0 Å². The molecule has 0 saturated heterocycles. The molecule has 2 aromatic rings. The molecule has 0 amide bonds. The summed E-state index contributed by atoms with van der Waals surface area (Å²) in [6.07, 6.45) is 4.08. The standard InChI is InChI=1S/C19H22ClFN4O2/c1-12(16-8-15(21)3-4-17(16)20)27-18-7-13(11-25-19(18)23)14(9-22)10-24-5-6-26-2/h3-4,7-12H,5-6,22H2,1-2H3,(H2,23,25). The van der Waals surface area contributed by atoms with E-state index in [1.54, 1.807) is 32.5 Å². The van der Waals surface area contributed by atoms with Gasteiger partial charge in [-0.2, -0.15) is 0 Å². The molecule has 2 rings (SSSR count). The number of aromatic nitrogens is 1. The fourth-order valence-electron chi connectivity index (χ4n) is 2.31. The average molecular weight is 393 g/mol. The van der Waals surface area contributed by atoms with Crippen molar-refractivity contribution in [1.82, 2.24) is 4.98 Å². The van der Waals surface area contributed by atoms with Crippen molar-refractivity contribution in [2.24, 2.45) is 10.7 Å². The maximum absolute atomic E-state index is 13.5. The van der Waals surface area contributed by atoms with E-state index < -0.39 is 11.9 Å². The molecule has 144 valence electrons. The first kappa shape index (κ1) is 20.7. The Morgan fingerprint density at radius 1 is 1.41 bits per heavy atom. The van der Waals surface area contributed by atoms with E-state index in [1.165, 1.54) is 24.4 Å². The van der Waals surface area contributed by atoms with Crippen molar-refractivity contribution in [3.8, 4) is 5.75 Å². The lowest BCUT2D eigenvalue weighted by Crippen LogP contribution is -2.07. The fraction of sp³-hybridized carbons (Fsp3) is 0.263. The van der Waals surface area contributed by atoms with E-state index in [0.717, 1.165) is 0 Å².